The third kappa shape index (κ3) is 4.41. The van der Waals surface area contributed by atoms with Gasteiger partial charge in [0.1, 0.15) is 6.61 Å². The van der Waals surface area contributed by atoms with Crippen LogP contribution in [0.5, 0.6) is 0 Å². The number of carbonyl (C=O) groups is 2. The Balaban J connectivity index is 1.98. The quantitative estimate of drug-likeness (QED) is 0.287. The third-order valence-electron chi connectivity index (χ3n) is 4.37. The second-order valence-corrected chi connectivity index (χ2v) is 8.00. The van der Waals surface area contributed by atoms with Crippen LogP contribution in [0.2, 0.25) is 0 Å². The molecule has 11 heteroatoms. The molecule has 31 heavy (non-hydrogen) atoms. The molecule has 2 aromatic carbocycles. The van der Waals surface area contributed by atoms with E-state index in [9.17, 15) is 31.2 Å². The number of hydroxylamine groups is 2. The highest BCUT2D eigenvalue weighted by molar-refractivity contribution is 7.87. The summed E-state index contributed by atoms with van der Waals surface area (Å²) in [6, 6.07) is 6.98. The van der Waals surface area contributed by atoms with E-state index in [1.807, 2.05) is 6.92 Å². The van der Waals surface area contributed by atoms with E-state index >= 15 is 0 Å². The largest absolute Gasteiger partial charge is 0.525 e. The van der Waals surface area contributed by atoms with E-state index in [0.717, 1.165) is 12.8 Å². The number of ether oxygens (including phenoxy) is 1. The molecule has 0 atom stereocenters. The molecule has 1 aliphatic heterocycles. The zero-order valence-electron chi connectivity index (χ0n) is 16.2. The van der Waals surface area contributed by atoms with Crippen LogP contribution in [0.15, 0.2) is 30.3 Å². The summed E-state index contributed by atoms with van der Waals surface area (Å²) in [5, 5.41) is 0.170. The van der Waals surface area contributed by atoms with Crippen molar-refractivity contribution in [2.24, 2.45) is 0 Å². The number of halogens is 3. The van der Waals surface area contributed by atoms with Crippen LogP contribution in [-0.2, 0) is 19.1 Å². The number of imide groups is 1. The Kier molecular flexibility index (Phi) is 6.35. The van der Waals surface area contributed by atoms with Crippen LogP contribution in [0.4, 0.5) is 13.2 Å². The fraction of sp³-hybridized carbons (Fsp3) is 0.300. The van der Waals surface area contributed by atoms with Crippen LogP contribution >= 0.6 is 0 Å². The Labute approximate surface area is 175 Å². The Hall–Kier alpha value is -2.94. The van der Waals surface area contributed by atoms with Gasteiger partial charge < -0.3 is 4.74 Å². The fourth-order valence-corrected chi connectivity index (χ4v) is 3.31. The molecule has 0 aliphatic carbocycles. The van der Waals surface area contributed by atoms with E-state index in [0.29, 0.717) is 17.6 Å². The maximum atomic E-state index is 12.6. The van der Waals surface area contributed by atoms with Gasteiger partial charge in [0.15, 0.2) is 0 Å². The lowest BCUT2D eigenvalue weighted by Gasteiger charge is -2.25. The summed E-state index contributed by atoms with van der Waals surface area (Å²) < 4.78 is 69.8. The fourth-order valence-electron chi connectivity index (χ4n) is 2.89. The first-order chi connectivity index (χ1) is 14.6. The lowest BCUT2D eigenvalue weighted by Crippen LogP contribution is -2.44. The molecule has 0 N–H and O–H groups in total. The van der Waals surface area contributed by atoms with E-state index in [1.165, 1.54) is 24.3 Å². The van der Waals surface area contributed by atoms with Crippen LogP contribution in [0.3, 0.4) is 0 Å². The Morgan fingerprint density at radius 2 is 1.74 bits per heavy atom. The van der Waals surface area contributed by atoms with Crippen molar-refractivity contribution in [3.8, 4) is 11.8 Å². The SMILES string of the molecule is CCCCOCC#Cc1ccc2c3c(cccc13)C(=O)N(OS(=O)(=O)C(F)(F)F)C2=O. The minimum Gasteiger partial charge on any atom is -0.369 e. The number of carbonyl (C=O) groups excluding carboxylic acids is 2. The van der Waals surface area contributed by atoms with Crippen molar-refractivity contribution in [3.05, 3.63) is 47.0 Å². The smallest absolute Gasteiger partial charge is 0.369 e. The van der Waals surface area contributed by atoms with Gasteiger partial charge in [-0.1, -0.05) is 37.3 Å². The molecule has 0 spiro atoms. The minimum atomic E-state index is -6.22. The molecule has 0 saturated carbocycles. The molecule has 0 fully saturated rings. The van der Waals surface area contributed by atoms with Gasteiger partial charge in [0.05, 0.1) is 11.1 Å². The standard InChI is InChI=1S/C20H16F3NO6S/c1-2-3-11-29-12-5-6-13-9-10-16-17-14(13)7-4-8-15(17)18(25)24(19(16)26)30-31(27,28)20(21,22)23/h4,7-10H,2-3,11-12H2,1H3. The molecule has 1 aliphatic rings. The maximum absolute atomic E-state index is 12.6. The Bertz CT molecular complexity index is 1190. The number of rotatable bonds is 6. The van der Waals surface area contributed by atoms with Crippen LogP contribution in [0, 0.1) is 11.8 Å². The molecular weight excluding hydrogens is 439 g/mol. The molecule has 1 heterocycles. The van der Waals surface area contributed by atoms with Gasteiger partial charge in [-0.15, -0.1) is 9.35 Å². The number of hydrogen-bond donors (Lipinski definition) is 0. The number of benzene rings is 2. The molecule has 0 bridgehead atoms. The average Bonchev–Trinajstić information content (AvgIpc) is 2.71. The maximum Gasteiger partial charge on any atom is 0.525 e. The summed E-state index contributed by atoms with van der Waals surface area (Å²) >= 11 is 0. The van der Waals surface area contributed by atoms with Gasteiger partial charge in [0, 0.05) is 17.6 Å². The van der Waals surface area contributed by atoms with E-state index < -0.39 is 32.5 Å². The van der Waals surface area contributed by atoms with Crippen molar-refractivity contribution in [3.63, 3.8) is 0 Å². The average molecular weight is 455 g/mol. The van der Waals surface area contributed by atoms with Crippen LogP contribution in [0.1, 0.15) is 46.0 Å². The van der Waals surface area contributed by atoms with Crippen molar-refractivity contribution >= 4 is 32.7 Å². The summed E-state index contributed by atoms with van der Waals surface area (Å²) in [6.07, 6.45) is 1.88. The third-order valence-corrected chi connectivity index (χ3v) is 5.28. The van der Waals surface area contributed by atoms with Crippen LogP contribution < -0.4 is 0 Å². The molecule has 2 aromatic rings. The number of amides is 2. The summed E-state index contributed by atoms with van der Waals surface area (Å²) in [5.74, 6) is 3.04. The minimum absolute atomic E-state index is 0.153. The summed E-state index contributed by atoms with van der Waals surface area (Å²) in [7, 11) is -6.22. The molecule has 0 radical (unpaired) electrons. The zero-order chi connectivity index (χ0) is 22.8. The molecular formula is C20H16F3NO6S. The normalized spacial score (nSPS) is 14.0. The molecule has 3 rings (SSSR count). The van der Waals surface area contributed by atoms with Crippen molar-refractivity contribution in [2.75, 3.05) is 13.2 Å². The van der Waals surface area contributed by atoms with Gasteiger partial charge in [-0.3, -0.25) is 9.59 Å². The highest BCUT2D eigenvalue weighted by Gasteiger charge is 2.51. The molecule has 2 amide bonds. The van der Waals surface area contributed by atoms with Gasteiger partial charge in [-0.05, 0) is 30.0 Å². The number of nitrogens with zero attached hydrogens (tertiary/aromatic N) is 1. The first kappa shape index (κ1) is 22.7. The van der Waals surface area contributed by atoms with Crippen molar-refractivity contribution < 1.29 is 40.2 Å². The van der Waals surface area contributed by atoms with Gasteiger partial charge in [0.2, 0.25) is 0 Å². The second-order valence-electron chi connectivity index (χ2n) is 6.48. The highest BCUT2D eigenvalue weighted by Crippen LogP contribution is 2.34. The molecule has 0 unspecified atom stereocenters. The summed E-state index contributed by atoms with van der Waals surface area (Å²) in [6.45, 7) is 2.77. The van der Waals surface area contributed by atoms with E-state index in [-0.39, 0.29) is 23.1 Å². The first-order valence-electron chi connectivity index (χ1n) is 9.10. The number of unbranched alkanes of at least 4 members (excludes halogenated alkanes) is 1. The molecule has 7 nitrogen and oxygen atoms in total. The Morgan fingerprint density at radius 1 is 1.06 bits per heavy atom. The summed E-state index contributed by atoms with van der Waals surface area (Å²) in [4.78, 5) is 25.2. The highest BCUT2D eigenvalue weighted by atomic mass is 32.2. The van der Waals surface area contributed by atoms with E-state index in [2.05, 4.69) is 16.1 Å². The van der Waals surface area contributed by atoms with E-state index in [4.69, 9.17) is 4.74 Å². The Morgan fingerprint density at radius 3 is 2.39 bits per heavy atom. The lowest BCUT2D eigenvalue weighted by molar-refractivity contribution is -0.0761. The van der Waals surface area contributed by atoms with Crippen LogP contribution in [0.25, 0.3) is 10.8 Å². The van der Waals surface area contributed by atoms with E-state index in [1.54, 1.807) is 6.07 Å². The molecule has 0 aromatic heterocycles. The second kappa shape index (κ2) is 8.66. The predicted molar refractivity (Wildman–Crippen MR) is 103 cm³/mol. The van der Waals surface area contributed by atoms with Gasteiger partial charge >= 0.3 is 15.6 Å². The van der Waals surface area contributed by atoms with Gasteiger partial charge in [-0.2, -0.15) is 21.6 Å². The monoisotopic (exact) mass is 455 g/mol. The van der Waals surface area contributed by atoms with Crippen molar-refractivity contribution in [2.45, 2.75) is 25.3 Å². The summed E-state index contributed by atoms with van der Waals surface area (Å²) in [5.41, 5.74) is -5.71. The molecule has 164 valence electrons. The number of alkyl halides is 3. The van der Waals surface area contributed by atoms with Gasteiger partial charge in [0.25, 0.3) is 11.8 Å². The first-order valence-corrected chi connectivity index (χ1v) is 10.5. The lowest BCUT2D eigenvalue weighted by atomic mass is 9.92. The number of hydrogen-bond acceptors (Lipinski definition) is 6. The van der Waals surface area contributed by atoms with Crippen molar-refractivity contribution in [1.82, 2.24) is 5.06 Å². The zero-order valence-corrected chi connectivity index (χ0v) is 17.0. The predicted octanol–water partition coefficient (Wildman–Crippen LogP) is 3.39. The van der Waals surface area contributed by atoms with Gasteiger partial charge in [-0.25, -0.2) is 0 Å². The van der Waals surface area contributed by atoms with Crippen LogP contribution in [-0.4, -0.2) is 44.0 Å². The molecule has 0 saturated heterocycles. The van der Waals surface area contributed by atoms with Crippen molar-refractivity contribution in [1.29, 1.82) is 0 Å². The topological polar surface area (TPSA) is 90.0 Å².